The zero-order valence-corrected chi connectivity index (χ0v) is 15.1. The maximum atomic E-state index is 12.7. The number of benzene rings is 1. The molecule has 25 heavy (non-hydrogen) atoms. The molecular formula is C20H23N3O2. The molecule has 1 N–H and O–H groups in total. The van der Waals surface area contributed by atoms with Gasteiger partial charge in [-0.25, -0.2) is 0 Å². The molecule has 1 heterocycles. The average molecular weight is 337 g/mol. The lowest BCUT2D eigenvalue weighted by atomic mass is 10.1. The van der Waals surface area contributed by atoms with Crippen molar-refractivity contribution in [2.45, 2.75) is 40.7 Å². The number of anilines is 1. The molecule has 0 radical (unpaired) electrons. The molecule has 2 rings (SSSR count). The van der Waals surface area contributed by atoms with Crippen molar-refractivity contribution in [2.24, 2.45) is 5.92 Å². The van der Waals surface area contributed by atoms with Crippen molar-refractivity contribution in [1.29, 1.82) is 5.26 Å². The standard InChI is InChI=1S/C20H23N3O2/c1-13(2)7-9-23-10-8-15(4)18(20(23)25)19(24)22-17-11-16(12-21)6-5-14(17)3/h5-6,8,10-11,13H,7,9H2,1-4H3,(H,22,24). The van der Waals surface area contributed by atoms with Gasteiger partial charge in [-0.1, -0.05) is 19.9 Å². The Labute approximate surface area is 147 Å². The SMILES string of the molecule is Cc1ccc(C#N)cc1NC(=O)c1c(C)ccn(CCC(C)C)c1=O. The second kappa shape index (κ2) is 7.80. The highest BCUT2D eigenvalue weighted by molar-refractivity contribution is 6.05. The zero-order valence-electron chi connectivity index (χ0n) is 15.1. The molecule has 0 atom stereocenters. The number of nitrogens with one attached hydrogen (secondary N) is 1. The van der Waals surface area contributed by atoms with Crippen LogP contribution in [0.4, 0.5) is 5.69 Å². The zero-order chi connectivity index (χ0) is 18.6. The number of amides is 1. The van der Waals surface area contributed by atoms with E-state index in [1.54, 1.807) is 42.0 Å². The average Bonchev–Trinajstić information content (AvgIpc) is 2.56. The molecule has 0 aliphatic heterocycles. The van der Waals surface area contributed by atoms with Crippen LogP contribution >= 0.6 is 0 Å². The van der Waals surface area contributed by atoms with Gasteiger partial charge in [0.05, 0.1) is 11.6 Å². The smallest absolute Gasteiger partial charge is 0.263 e. The minimum Gasteiger partial charge on any atom is -0.322 e. The van der Waals surface area contributed by atoms with Crippen LogP contribution in [0.1, 0.15) is 47.3 Å². The Morgan fingerprint density at radius 2 is 1.96 bits per heavy atom. The number of nitriles is 1. The van der Waals surface area contributed by atoms with Gasteiger partial charge in [0.15, 0.2) is 0 Å². The van der Waals surface area contributed by atoms with Crippen LogP contribution in [0.15, 0.2) is 35.3 Å². The molecule has 1 aromatic heterocycles. The summed E-state index contributed by atoms with van der Waals surface area (Å²) in [6.07, 6.45) is 2.60. The predicted molar refractivity (Wildman–Crippen MR) is 98.7 cm³/mol. The largest absolute Gasteiger partial charge is 0.322 e. The second-order valence-corrected chi connectivity index (χ2v) is 6.65. The normalized spacial score (nSPS) is 10.6. The van der Waals surface area contributed by atoms with Crippen LogP contribution in [-0.2, 0) is 6.54 Å². The first-order valence-corrected chi connectivity index (χ1v) is 8.35. The Bertz CT molecular complexity index is 889. The van der Waals surface area contributed by atoms with Gasteiger partial charge in [-0.2, -0.15) is 5.26 Å². The first-order valence-electron chi connectivity index (χ1n) is 8.35. The van der Waals surface area contributed by atoms with Crippen LogP contribution in [0.25, 0.3) is 0 Å². The Morgan fingerprint density at radius 3 is 2.60 bits per heavy atom. The van der Waals surface area contributed by atoms with E-state index in [0.29, 0.717) is 29.3 Å². The third-order valence-corrected chi connectivity index (χ3v) is 4.16. The Kier molecular flexibility index (Phi) is 5.76. The van der Waals surface area contributed by atoms with Crippen LogP contribution in [-0.4, -0.2) is 10.5 Å². The van der Waals surface area contributed by atoms with Gasteiger partial charge >= 0.3 is 0 Å². The van der Waals surface area contributed by atoms with E-state index in [0.717, 1.165) is 12.0 Å². The van der Waals surface area contributed by atoms with E-state index in [4.69, 9.17) is 5.26 Å². The van der Waals surface area contributed by atoms with Gasteiger partial charge in [-0.3, -0.25) is 9.59 Å². The summed E-state index contributed by atoms with van der Waals surface area (Å²) >= 11 is 0. The third-order valence-electron chi connectivity index (χ3n) is 4.16. The van der Waals surface area contributed by atoms with Crippen molar-refractivity contribution >= 4 is 11.6 Å². The highest BCUT2D eigenvalue weighted by Gasteiger charge is 2.17. The maximum absolute atomic E-state index is 12.7. The lowest BCUT2D eigenvalue weighted by Crippen LogP contribution is -2.30. The van der Waals surface area contributed by atoms with E-state index in [9.17, 15) is 9.59 Å². The minimum absolute atomic E-state index is 0.146. The molecule has 2 aromatic rings. The van der Waals surface area contributed by atoms with Gasteiger partial charge < -0.3 is 9.88 Å². The summed E-state index contributed by atoms with van der Waals surface area (Å²) in [4.78, 5) is 25.4. The molecule has 0 saturated carbocycles. The molecule has 0 saturated heterocycles. The quantitative estimate of drug-likeness (QED) is 0.905. The fourth-order valence-corrected chi connectivity index (χ4v) is 2.53. The maximum Gasteiger partial charge on any atom is 0.263 e. The van der Waals surface area contributed by atoms with Gasteiger partial charge in [-0.15, -0.1) is 0 Å². The number of hydrogen-bond acceptors (Lipinski definition) is 3. The molecular weight excluding hydrogens is 314 g/mol. The van der Waals surface area contributed by atoms with Crippen molar-refractivity contribution in [3.63, 3.8) is 0 Å². The molecule has 0 fully saturated rings. The lowest BCUT2D eigenvalue weighted by molar-refractivity contribution is 0.102. The van der Waals surface area contributed by atoms with E-state index < -0.39 is 5.91 Å². The Balaban J connectivity index is 2.35. The van der Waals surface area contributed by atoms with Crippen LogP contribution in [0.2, 0.25) is 0 Å². The fraction of sp³-hybridized carbons (Fsp3) is 0.350. The Morgan fingerprint density at radius 1 is 1.24 bits per heavy atom. The van der Waals surface area contributed by atoms with Gasteiger partial charge in [0.25, 0.3) is 11.5 Å². The molecule has 1 aromatic carbocycles. The Hall–Kier alpha value is -2.87. The van der Waals surface area contributed by atoms with Gasteiger partial charge in [0, 0.05) is 18.4 Å². The number of aromatic nitrogens is 1. The van der Waals surface area contributed by atoms with E-state index in [-0.39, 0.29) is 11.1 Å². The first-order chi connectivity index (χ1) is 11.8. The number of aryl methyl sites for hydroxylation is 3. The van der Waals surface area contributed by atoms with E-state index in [1.807, 2.05) is 13.0 Å². The van der Waals surface area contributed by atoms with E-state index >= 15 is 0 Å². The van der Waals surface area contributed by atoms with Crippen LogP contribution in [0.3, 0.4) is 0 Å². The first kappa shape index (κ1) is 18.5. The summed E-state index contributed by atoms with van der Waals surface area (Å²) in [6, 6.07) is 8.91. The predicted octanol–water partition coefficient (Wildman–Crippen LogP) is 3.64. The van der Waals surface area contributed by atoms with Crippen molar-refractivity contribution in [3.05, 3.63) is 63.1 Å². The summed E-state index contributed by atoms with van der Waals surface area (Å²) in [7, 11) is 0. The van der Waals surface area contributed by atoms with Gasteiger partial charge in [-0.05, 0) is 55.5 Å². The molecule has 130 valence electrons. The van der Waals surface area contributed by atoms with Crippen molar-refractivity contribution in [2.75, 3.05) is 5.32 Å². The number of rotatable bonds is 5. The summed E-state index contributed by atoms with van der Waals surface area (Å²) < 4.78 is 1.58. The number of nitrogens with zero attached hydrogens (tertiary/aromatic N) is 2. The number of carbonyl (C=O) groups is 1. The molecule has 0 aliphatic carbocycles. The topological polar surface area (TPSA) is 74.9 Å². The summed E-state index contributed by atoms with van der Waals surface area (Å²) in [5.74, 6) is 0.0291. The molecule has 0 unspecified atom stereocenters. The van der Waals surface area contributed by atoms with Crippen molar-refractivity contribution < 1.29 is 4.79 Å². The minimum atomic E-state index is -0.445. The number of carbonyl (C=O) groups excluding carboxylic acids is 1. The highest BCUT2D eigenvalue weighted by atomic mass is 16.2. The summed E-state index contributed by atoms with van der Waals surface area (Å²) in [5, 5.41) is 11.8. The molecule has 0 bridgehead atoms. The monoisotopic (exact) mass is 337 g/mol. The van der Waals surface area contributed by atoms with Gasteiger partial charge in [0.2, 0.25) is 0 Å². The highest BCUT2D eigenvalue weighted by Crippen LogP contribution is 2.17. The molecule has 0 spiro atoms. The van der Waals surface area contributed by atoms with Crippen LogP contribution in [0.5, 0.6) is 0 Å². The van der Waals surface area contributed by atoms with E-state index in [1.165, 1.54) is 0 Å². The van der Waals surface area contributed by atoms with Crippen molar-refractivity contribution in [1.82, 2.24) is 4.57 Å². The number of pyridine rings is 1. The molecule has 5 nitrogen and oxygen atoms in total. The van der Waals surface area contributed by atoms with Crippen LogP contribution < -0.4 is 10.9 Å². The van der Waals surface area contributed by atoms with Gasteiger partial charge in [0.1, 0.15) is 5.56 Å². The van der Waals surface area contributed by atoms with Crippen LogP contribution in [0, 0.1) is 31.1 Å². The lowest BCUT2D eigenvalue weighted by Gasteiger charge is -2.13. The third kappa shape index (κ3) is 4.36. The van der Waals surface area contributed by atoms with Crippen molar-refractivity contribution in [3.8, 4) is 6.07 Å². The summed E-state index contributed by atoms with van der Waals surface area (Å²) in [6.45, 7) is 8.37. The molecule has 0 aliphatic rings. The second-order valence-electron chi connectivity index (χ2n) is 6.65. The molecule has 1 amide bonds. The number of hydrogen-bond donors (Lipinski definition) is 1. The summed E-state index contributed by atoms with van der Waals surface area (Å²) in [5.41, 5.74) is 2.33. The molecule has 5 heteroatoms. The van der Waals surface area contributed by atoms with E-state index in [2.05, 4.69) is 19.2 Å². The fourth-order valence-electron chi connectivity index (χ4n) is 2.53.